The van der Waals surface area contributed by atoms with Gasteiger partial charge in [-0.3, -0.25) is 0 Å². The van der Waals surface area contributed by atoms with Gasteiger partial charge in [0.25, 0.3) is 0 Å². The smallest absolute Gasteiger partial charge is 0.131 e. The highest BCUT2D eigenvalue weighted by molar-refractivity contribution is 5.24. The summed E-state index contributed by atoms with van der Waals surface area (Å²) in [5.74, 6) is 5.84. The van der Waals surface area contributed by atoms with Crippen molar-refractivity contribution in [2.75, 3.05) is 6.61 Å². The zero-order chi connectivity index (χ0) is 8.81. The predicted octanol–water partition coefficient (Wildman–Crippen LogP) is 0.544. The molecule has 1 N–H and O–H groups in total. The number of aromatic nitrogens is 2. The Kier molecular flexibility index (Phi) is 3.36. The highest BCUT2D eigenvalue weighted by Gasteiger charge is 1.88. The van der Waals surface area contributed by atoms with Gasteiger partial charge in [0.2, 0.25) is 0 Å². The molecule has 0 spiro atoms. The van der Waals surface area contributed by atoms with Crippen LogP contribution in [0.5, 0.6) is 0 Å². The largest absolute Gasteiger partial charge is 0.396 e. The Bertz CT molecular complexity index is 293. The van der Waals surface area contributed by atoms with Crippen LogP contribution in [0.15, 0.2) is 12.5 Å². The van der Waals surface area contributed by atoms with Crippen molar-refractivity contribution in [1.29, 1.82) is 0 Å². The van der Waals surface area contributed by atoms with Gasteiger partial charge in [-0.2, -0.15) is 0 Å². The topological polar surface area (TPSA) is 38.0 Å². The van der Waals surface area contributed by atoms with Crippen LogP contribution in [0.4, 0.5) is 0 Å². The van der Waals surface area contributed by atoms with Crippen LogP contribution in [0.1, 0.15) is 18.5 Å². The summed E-state index contributed by atoms with van der Waals surface area (Å²) in [5, 5.41) is 8.48. The van der Waals surface area contributed by atoms with E-state index in [1.54, 1.807) is 6.33 Å². The fourth-order valence-corrected chi connectivity index (χ4v) is 0.798. The number of hydrogen-bond acceptors (Lipinski definition) is 2. The Morgan fingerprint density at radius 3 is 3.08 bits per heavy atom. The van der Waals surface area contributed by atoms with Crippen molar-refractivity contribution in [3.63, 3.8) is 0 Å². The summed E-state index contributed by atoms with van der Waals surface area (Å²) in [5.41, 5.74) is 0.787. The first-order valence-electron chi connectivity index (χ1n) is 3.90. The van der Waals surface area contributed by atoms with Gasteiger partial charge in [-0.1, -0.05) is 5.92 Å². The Balaban J connectivity index is 2.43. The minimum absolute atomic E-state index is 0.205. The van der Waals surface area contributed by atoms with E-state index in [-0.39, 0.29) is 6.61 Å². The van der Waals surface area contributed by atoms with Crippen LogP contribution in [0.3, 0.4) is 0 Å². The van der Waals surface area contributed by atoms with Gasteiger partial charge in [0.15, 0.2) is 0 Å². The van der Waals surface area contributed by atoms with E-state index in [2.05, 4.69) is 16.8 Å². The number of aryl methyl sites for hydroxylation is 1. The van der Waals surface area contributed by atoms with Gasteiger partial charge < -0.3 is 9.67 Å². The molecule has 0 aliphatic heterocycles. The van der Waals surface area contributed by atoms with Crippen molar-refractivity contribution in [1.82, 2.24) is 9.55 Å². The molecule has 0 saturated carbocycles. The van der Waals surface area contributed by atoms with E-state index in [1.165, 1.54) is 0 Å². The summed E-state index contributed by atoms with van der Waals surface area (Å²) >= 11 is 0. The molecule has 0 aromatic carbocycles. The molecule has 1 aromatic rings. The zero-order valence-electron chi connectivity index (χ0n) is 7.12. The van der Waals surface area contributed by atoms with Crippen LogP contribution in [0.25, 0.3) is 0 Å². The molecule has 1 rings (SSSR count). The molecule has 64 valence electrons. The average Bonchev–Trinajstić information content (AvgIpc) is 2.45. The molecule has 0 bridgehead atoms. The van der Waals surface area contributed by atoms with E-state index >= 15 is 0 Å². The molecule has 0 radical (unpaired) electrons. The van der Waals surface area contributed by atoms with Crippen molar-refractivity contribution in [2.24, 2.45) is 7.05 Å². The van der Waals surface area contributed by atoms with Gasteiger partial charge in [0.1, 0.15) is 5.69 Å². The lowest BCUT2D eigenvalue weighted by Crippen LogP contribution is -1.79. The summed E-state index contributed by atoms with van der Waals surface area (Å²) in [6, 6.07) is 0. The Morgan fingerprint density at radius 1 is 1.67 bits per heavy atom. The number of rotatable bonds is 2. The summed E-state index contributed by atoms with van der Waals surface area (Å²) in [6.07, 6.45) is 5.05. The van der Waals surface area contributed by atoms with Crippen molar-refractivity contribution < 1.29 is 5.11 Å². The summed E-state index contributed by atoms with van der Waals surface area (Å²) in [4.78, 5) is 4.04. The first-order chi connectivity index (χ1) is 5.83. The molecular weight excluding hydrogens is 152 g/mol. The summed E-state index contributed by atoms with van der Waals surface area (Å²) in [7, 11) is 1.91. The SMILES string of the molecule is Cn1cnc(C#CCCCO)c1. The van der Waals surface area contributed by atoms with Gasteiger partial charge in [-0.15, -0.1) is 0 Å². The van der Waals surface area contributed by atoms with Crippen LogP contribution in [0.2, 0.25) is 0 Å². The highest BCUT2D eigenvalue weighted by atomic mass is 16.2. The molecule has 3 nitrogen and oxygen atoms in total. The van der Waals surface area contributed by atoms with Gasteiger partial charge in [0.05, 0.1) is 6.33 Å². The zero-order valence-corrected chi connectivity index (χ0v) is 7.12. The molecule has 0 unspecified atom stereocenters. The Labute approximate surface area is 72.1 Å². The number of imidazole rings is 1. The first-order valence-corrected chi connectivity index (χ1v) is 3.90. The monoisotopic (exact) mass is 164 g/mol. The van der Waals surface area contributed by atoms with Crippen LogP contribution in [-0.4, -0.2) is 21.3 Å². The molecule has 1 heterocycles. The lowest BCUT2D eigenvalue weighted by Gasteiger charge is -1.83. The van der Waals surface area contributed by atoms with Gasteiger partial charge in [0, 0.05) is 26.3 Å². The number of aliphatic hydroxyl groups is 1. The average molecular weight is 164 g/mol. The van der Waals surface area contributed by atoms with Crippen molar-refractivity contribution in [3.8, 4) is 11.8 Å². The fraction of sp³-hybridized carbons (Fsp3) is 0.444. The van der Waals surface area contributed by atoms with Gasteiger partial charge >= 0.3 is 0 Å². The highest BCUT2D eigenvalue weighted by Crippen LogP contribution is 1.91. The number of hydrogen-bond donors (Lipinski definition) is 1. The minimum atomic E-state index is 0.205. The molecule has 12 heavy (non-hydrogen) atoms. The van der Waals surface area contributed by atoms with Gasteiger partial charge in [-0.25, -0.2) is 4.98 Å². The third-order valence-electron chi connectivity index (χ3n) is 1.38. The second kappa shape index (κ2) is 4.58. The molecule has 0 amide bonds. The number of unbranched alkanes of at least 4 members (excludes halogenated alkanes) is 1. The molecule has 0 saturated heterocycles. The molecular formula is C9H12N2O. The van der Waals surface area contributed by atoms with Crippen molar-refractivity contribution >= 4 is 0 Å². The molecule has 3 heteroatoms. The van der Waals surface area contributed by atoms with E-state index in [0.29, 0.717) is 0 Å². The quantitative estimate of drug-likeness (QED) is 0.512. The first kappa shape index (κ1) is 8.82. The third-order valence-corrected chi connectivity index (χ3v) is 1.38. The Hall–Kier alpha value is -1.27. The van der Waals surface area contributed by atoms with E-state index < -0.39 is 0 Å². The van der Waals surface area contributed by atoms with E-state index in [0.717, 1.165) is 18.5 Å². The Morgan fingerprint density at radius 2 is 2.50 bits per heavy atom. The summed E-state index contributed by atoms with van der Waals surface area (Å²) < 4.78 is 1.86. The maximum atomic E-state index is 8.48. The maximum absolute atomic E-state index is 8.48. The maximum Gasteiger partial charge on any atom is 0.131 e. The van der Waals surface area contributed by atoms with Crippen molar-refractivity contribution in [3.05, 3.63) is 18.2 Å². The van der Waals surface area contributed by atoms with E-state index in [4.69, 9.17) is 5.11 Å². The molecule has 0 aliphatic carbocycles. The van der Waals surface area contributed by atoms with E-state index in [9.17, 15) is 0 Å². The van der Waals surface area contributed by atoms with Crippen LogP contribution in [-0.2, 0) is 7.05 Å². The van der Waals surface area contributed by atoms with Crippen molar-refractivity contribution in [2.45, 2.75) is 12.8 Å². The molecule has 0 atom stereocenters. The van der Waals surface area contributed by atoms with Crippen LogP contribution >= 0.6 is 0 Å². The lowest BCUT2D eigenvalue weighted by atomic mass is 10.3. The second-order valence-electron chi connectivity index (χ2n) is 2.55. The van der Waals surface area contributed by atoms with Crippen LogP contribution < -0.4 is 0 Å². The summed E-state index contributed by atoms with van der Waals surface area (Å²) in [6.45, 7) is 0.205. The standard InChI is InChI=1S/C9H12N2O/c1-11-7-9(10-8-11)5-3-2-4-6-12/h7-8,12H,2,4,6H2,1H3. The molecule has 0 aliphatic rings. The minimum Gasteiger partial charge on any atom is -0.396 e. The lowest BCUT2D eigenvalue weighted by molar-refractivity contribution is 0.290. The van der Waals surface area contributed by atoms with Crippen LogP contribution in [0, 0.1) is 11.8 Å². The van der Waals surface area contributed by atoms with E-state index in [1.807, 2.05) is 17.8 Å². The number of aliphatic hydroxyl groups excluding tert-OH is 1. The fourth-order valence-electron chi connectivity index (χ4n) is 0.798. The molecule has 0 fully saturated rings. The van der Waals surface area contributed by atoms with Gasteiger partial charge in [-0.05, 0) is 12.3 Å². The normalized spacial score (nSPS) is 9.17. The third kappa shape index (κ3) is 2.77. The number of nitrogens with zero attached hydrogens (tertiary/aromatic N) is 2. The molecule has 1 aromatic heterocycles. The predicted molar refractivity (Wildman–Crippen MR) is 46.4 cm³/mol. The second-order valence-corrected chi connectivity index (χ2v) is 2.55.